The average Bonchev–Trinajstić information content (AvgIpc) is 2.64. The third kappa shape index (κ3) is 4.41. The van der Waals surface area contributed by atoms with E-state index in [1.165, 1.54) is 0 Å². The Morgan fingerprint density at radius 1 is 1.11 bits per heavy atom. The van der Waals surface area contributed by atoms with Gasteiger partial charge in [0, 0.05) is 22.7 Å². The van der Waals surface area contributed by atoms with Crippen LogP contribution >= 0.6 is 11.6 Å². The minimum atomic E-state index is -0.457. The fourth-order valence-electron chi connectivity index (χ4n) is 3.04. The van der Waals surface area contributed by atoms with Crippen LogP contribution in [0.4, 0.5) is 0 Å². The van der Waals surface area contributed by atoms with Gasteiger partial charge in [-0.3, -0.25) is 4.79 Å². The standard InChI is InChI=1S/C22H25ClN2O2/c1-15-8-9-20-17(10-15)11-18(12-24-22(2,3)14-26)21(27)25(20)13-16-6-4-5-7-19(16)23/h4-11,24,26H,12-14H2,1-3H3. The lowest BCUT2D eigenvalue weighted by Gasteiger charge is -2.24. The van der Waals surface area contributed by atoms with Gasteiger partial charge in [-0.15, -0.1) is 0 Å². The van der Waals surface area contributed by atoms with Gasteiger partial charge in [-0.05, 0) is 56.0 Å². The monoisotopic (exact) mass is 384 g/mol. The number of rotatable bonds is 6. The first kappa shape index (κ1) is 19.6. The highest BCUT2D eigenvalue weighted by Crippen LogP contribution is 2.20. The molecule has 0 radical (unpaired) electrons. The quantitative estimate of drug-likeness (QED) is 0.678. The SMILES string of the molecule is Cc1ccc2c(c1)cc(CNC(C)(C)CO)c(=O)n2Cc1ccccc1Cl. The molecule has 2 N–H and O–H groups in total. The molecular formula is C22H25ClN2O2. The van der Waals surface area contributed by atoms with Crippen molar-refractivity contribution in [3.8, 4) is 0 Å². The molecule has 0 aliphatic rings. The van der Waals surface area contributed by atoms with Crippen molar-refractivity contribution in [2.24, 2.45) is 0 Å². The number of nitrogens with zero attached hydrogens (tertiary/aromatic N) is 1. The first-order chi connectivity index (χ1) is 12.8. The maximum Gasteiger partial charge on any atom is 0.255 e. The molecular weight excluding hydrogens is 360 g/mol. The van der Waals surface area contributed by atoms with Crippen LogP contribution in [0.5, 0.6) is 0 Å². The molecule has 142 valence electrons. The molecule has 4 nitrogen and oxygen atoms in total. The number of benzene rings is 2. The number of aromatic nitrogens is 1. The topological polar surface area (TPSA) is 54.3 Å². The molecule has 1 heterocycles. The summed E-state index contributed by atoms with van der Waals surface area (Å²) >= 11 is 6.33. The van der Waals surface area contributed by atoms with E-state index in [1.807, 2.05) is 63.2 Å². The maximum atomic E-state index is 13.2. The summed E-state index contributed by atoms with van der Waals surface area (Å²) in [6.45, 7) is 6.64. The van der Waals surface area contributed by atoms with Crippen molar-refractivity contribution in [1.82, 2.24) is 9.88 Å². The van der Waals surface area contributed by atoms with Crippen LogP contribution in [0, 0.1) is 6.92 Å². The highest BCUT2D eigenvalue weighted by molar-refractivity contribution is 6.31. The number of nitrogens with one attached hydrogen (secondary N) is 1. The molecule has 1 aromatic heterocycles. The number of pyridine rings is 1. The van der Waals surface area contributed by atoms with Crippen LogP contribution in [0.3, 0.4) is 0 Å². The Bertz CT molecular complexity index is 1020. The molecule has 0 saturated heterocycles. The number of hydrogen-bond donors (Lipinski definition) is 2. The van der Waals surface area contributed by atoms with E-state index in [4.69, 9.17) is 11.6 Å². The van der Waals surface area contributed by atoms with E-state index < -0.39 is 5.54 Å². The van der Waals surface area contributed by atoms with Gasteiger partial charge >= 0.3 is 0 Å². The number of hydrogen-bond acceptors (Lipinski definition) is 3. The molecule has 3 rings (SSSR count). The van der Waals surface area contributed by atoms with E-state index in [9.17, 15) is 9.90 Å². The zero-order valence-electron chi connectivity index (χ0n) is 15.9. The van der Waals surface area contributed by atoms with E-state index >= 15 is 0 Å². The Morgan fingerprint density at radius 2 is 1.85 bits per heavy atom. The fourth-order valence-corrected chi connectivity index (χ4v) is 3.23. The van der Waals surface area contributed by atoms with Crippen LogP contribution in [-0.2, 0) is 13.1 Å². The van der Waals surface area contributed by atoms with E-state index in [1.54, 1.807) is 4.57 Å². The lowest BCUT2D eigenvalue weighted by Crippen LogP contribution is -2.43. The molecule has 0 spiro atoms. The van der Waals surface area contributed by atoms with Gasteiger partial charge in [-0.1, -0.05) is 41.4 Å². The average molecular weight is 385 g/mol. The Kier molecular flexibility index (Phi) is 5.70. The third-order valence-corrected chi connectivity index (χ3v) is 5.13. The number of aryl methyl sites for hydroxylation is 1. The predicted molar refractivity (Wildman–Crippen MR) is 112 cm³/mol. The summed E-state index contributed by atoms with van der Waals surface area (Å²) in [5.74, 6) is 0. The summed E-state index contributed by atoms with van der Waals surface area (Å²) in [7, 11) is 0. The van der Waals surface area contributed by atoms with Crippen molar-refractivity contribution in [2.45, 2.75) is 39.4 Å². The Morgan fingerprint density at radius 3 is 2.56 bits per heavy atom. The van der Waals surface area contributed by atoms with Crippen LogP contribution in [-0.4, -0.2) is 21.8 Å². The van der Waals surface area contributed by atoms with Gasteiger partial charge in [0.2, 0.25) is 0 Å². The largest absolute Gasteiger partial charge is 0.394 e. The van der Waals surface area contributed by atoms with Crippen molar-refractivity contribution < 1.29 is 5.11 Å². The normalized spacial score (nSPS) is 11.9. The molecule has 0 aliphatic carbocycles. The molecule has 0 fully saturated rings. The Labute approximate surface area is 164 Å². The zero-order chi connectivity index (χ0) is 19.6. The second-order valence-electron chi connectivity index (χ2n) is 7.61. The summed E-state index contributed by atoms with van der Waals surface area (Å²) in [5, 5.41) is 14.4. The van der Waals surface area contributed by atoms with E-state index in [2.05, 4.69) is 11.4 Å². The van der Waals surface area contributed by atoms with Gasteiger partial charge in [-0.2, -0.15) is 0 Å². The van der Waals surface area contributed by atoms with E-state index in [0.717, 1.165) is 22.0 Å². The molecule has 5 heteroatoms. The minimum Gasteiger partial charge on any atom is -0.394 e. The van der Waals surface area contributed by atoms with Crippen LogP contribution in [0.2, 0.25) is 5.02 Å². The third-order valence-electron chi connectivity index (χ3n) is 4.76. The second kappa shape index (κ2) is 7.85. The van der Waals surface area contributed by atoms with Crippen molar-refractivity contribution >= 4 is 22.5 Å². The van der Waals surface area contributed by atoms with Gasteiger partial charge in [-0.25, -0.2) is 0 Å². The van der Waals surface area contributed by atoms with Gasteiger partial charge in [0.25, 0.3) is 5.56 Å². The van der Waals surface area contributed by atoms with Crippen molar-refractivity contribution in [3.05, 3.63) is 80.6 Å². The summed E-state index contributed by atoms with van der Waals surface area (Å²) in [6.07, 6.45) is 0. The molecule has 0 amide bonds. The fraction of sp³-hybridized carbons (Fsp3) is 0.318. The Hall–Kier alpha value is -2.14. The van der Waals surface area contributed by atoms with Gasteiger partial charge in [0.05, 0.1) is 18.7 Å². The number of fused-ring (bicyclic) bond motifs is 1. The molecule has 0 saturated carbocycles. The lowest BCUT2D eigenvalue weighted by molar-refractivity contribution is 0.187. The van der Waals surface area contributed by atoms with E-state index in [0.29, 0.717) is 23.7 Å². The van der Waals surface area contributed by atoms with Crippen molar-refractivity contribution in [3.63, 3.8) is 0 Å². The molecule has 3 aromatic rings. The summed E-state index contributed by atoms with van der Waals surface area (Å²) in [4.78, 5) is 13.2. The van der Waals surface area contributed by atoms with Gasteiger partial charge in [0.15, 0.2) is 0 Å². The molecule has 27 heavy (non-hydrogen) atoms. The van der Waals surface area contributed by atoms with Gasteiger partial charge < -0.3 is 15.0 Å². The highest BCUT2D eigenvalue weighted by atomic mass is 35.5. The molecule has 0 atom stereocenters. The zero-order valence-corrected chi connectivity index (χ0v) is 16.7. The number of aliphatic hydroxyl groups is 1. The summed E-state index contributed by atoms with van der Waals surface area (Å²) < 4.78 is 1.78. The lowest BCUT2D eigenvalue weighted by atomic mass is 10.1. The summed E-state index contributed by atoms with van der Waals surface area (Å²) in [5.41, 5.74) is 3.09. The van der Waals surface area contributed by atoms with Gasteiger partial charge in [0.1, 0.15) is 0 Å². The maximum absolute atomic E-state index is 13.2. The first-order valence-electron chi connectivity index (χ1n) is 9.03. The molecule has 0 aliphatic heterocycles. The summed E-state index contributed by atoms with van der Waals surface area (Å²) in [6, 6.07) is 15.6. The van der Waals surface area contributed by atoms with Crippen molar-refractivity contribution in [2.75, 3.05) is 6.61 Å². The number of halogens is 1. The molecule has 0 unspecified atom stereocenters. The second-order valence-corrected chi connectivity index (χ2v) is 8.02. The van der Waals surface area contributed by atoms with E-state index in [-0.39, 0.29) is 12.2 Å². The van der Waals surface area contributed by atoms with Crippen LogP contribution in [0.1, 0.15) is 30.5 Å². The highest BCUT2D eigenvalue weighted by Gasteiger charge is 2.17. The number of aliphatic hydroxyl groups excluding tert-OH is 1. The predicted octanol–water partition coefficient (Wildman–Crippen LogP) is 3.87. The van der Waals surface area contributed by atoms with Crippen LogP contribution in [0.15, 0.2) is 53.3 Å². The molecule has 0 bridgehead atoms. The minimum absolute atomic E-state index is 0.00645. The first-order valence-corrected chi connectivity index (χ1v) is 9.41. The Balaban J connectivity index is 2.11. The van der Waals surface area contributed by atoms with Crippen LogP contribution < -0.4 is 10.9 Å². The smallest absolute Gasteiger partial charge is 0.255 e. The molecule has 2 aromatic carbocycles. The van der Waals surface area contributed by atoms with Crippen LogP contribution in [0.25, 0.3) is 10.9 Å². The van der Waals surface area contributed by atoms with Crippen molar-refractivity contribution in [1.29, 1.82) is 0 Å².